The van der Waals surface area contributed by atoms with Crippen LogP contribution >= 0.6 is 0 Å². The van der Waals surface area contributed by atoms with Crippen LogP contribution in [-0.2, 0) is 10.8 Å². The Hall–Kier alpha value is -2.34. The monoisotopic (exact) mass is 314 g/mol. The summed E-state index contributed by atoms with van der Waals surface area (Å²) in [6.07, 6.45) is 7.35. The number of hydrogen-bond acceptors (Lipinski definition) is 0. The first-order valence-electron chi connectivity index (χ1n) is 8.58. The van der Waals surface area contributed by atoms with Gasteiger partial charge in [0.15, 0.2) is 0 Å². The molecule has 1 aliphatic rings. The topological polar surface area (TPSA) is 0 Å². The summed E-state index contributed by atoms with van der Waals surface area (Å²) >= 11 is 0. The third kappa shape index (κ3) is 2.67. The van der Waals surface area contributed by atoms with E-state index < -0.39 is 0 Å². The molecular formula is C24H26. The SMILES string of the molecule is C=CCC1(c2ccc(C(C)(C)C)cc2)C=CC(=C)c2ccccc21. The second-order valence-electron chi connectivity index (χ2n) is 7.70. The molecule has 1 atom stereocenters. The van der Waals surface area contributed by atoms with Gasteiger partial charge in [-0.25, -0.2) is 0 Å². The molecule has 0 fully saturated rings. The van der Waals surface area contributed by atoms with Gasteiger partial charge < -0.3 is 0 Å². The lowest BCUT2D eigenvalue weighted by molar-refractivity contribution is 0.587. The van der Waals surface area contributed by atoms with E-state index in [1.807, 2.05) is 6.08 Å². The number of rotatable bonds is 3. The Balaban J connectivity index is 2.18. The van der Waals surface area contributed by atoms with Crippen molar-refractivity contribution in [3.05, 3.63) is 102 Å². The minimum atomic E-state index is -0.157. The van der Waals surface area contributed by atoms with Gasteiger partial charge in [0.2, 0.25) is 0 Å². The summed E-state index contributed by atoms with van der Waals surface area (Å²) in [7, 11) is 0. The second kappa shape index (κ2) is 5.94. The molecule has 0 heterocycles. The lowest BCUT2D eigenvalue weighted by atomic mass is 9.66. The van der Waals surface area contributed by atoms with Crippen molar-refractivity contribution in [1.82, 2.24) is 0 Å². The standard InChI is InChI=1S/C24H26/c1-6-16-24(20-13-11-19(12-14-20)23(3,4)5)17-15-18(2)21-9-7-8-10-22(21)24/h6-15,17H,1-2,16H2,3-5H3. The van der Waals surface area contributed by atoms with Crippen molar-refractivity contribution in [2.45, 2.75) is 38.0 Å². The van der Waals surface area contributed by atoms with Crippen LogP contribution in [-0.4, -0.2) is 0 Å². The van der Waals surface area contributed by atoms with Crippen LogP contribution in [0.1, 0.15) is 49.4 Å². The van der Waals surface area contributed by atoms with E-state index in [0.29, 0.717) is 0 Å². The Bertz CT molecular complexity index is 797. The first-order chi connectivity index (χ1) is 11.4. The number of benzene rings is 2. The van der Waals surface area contributed by atoms with Gasteiger partial charge in [0, 0.05) is 5.41 Å². The molecule has 0 saturated carbocycles. The number of fused-ring (bicyclic) bond motifs is 1. The molecule has 0 aromatic heterocycles. The molecule has 0 aliphatic heterocycles. The van der Waals surface area contributed by atoms with E-state index in [9.17, 15) is 0 Å². The quantitative estimate of drug-likeness (QED) is 0.573. The zero-order valence-corrected chi connectivity index (χ0v) is 15.0. The summed E-state index contributed by atoms with van der Waals surface area (Å²) in [4.78, 5) is 0. The van der Waals surface area contributed by atoms with Gasteiger partial charge in [-0.3, -0.25) is 0 Å². The fourth-order valence-electron chi connectivity index (χ4n) is 3.62. The molecule has 0 saturated heterocycles. The van der Waals surface area contributed by atoms with Crippen LogP contribution < -0.4 is 0 Å². The normalized spacial score (nSPS) is 19.9. The minimum Gasteiger partial charge on any atom is -0.103 e. The zero-order chi connectivity index (χ0) is 17.4. The van der Waals surface area contributed by atoms with Gasteiger partial charge in [0.05, 0.1) is 0 Å². The largest absolute Gasteiger partial charge is 0.103 e. The van der Waals surface area contributed by atoms with Crippen molar-refractivity contribution in [1.29, 1.82) is 0 Å². The summed E-state index contributed by atoms with van der Waals surface area (Å²) in [5.41, 5.74) is 6.32. The zero-order valence-electron chi connectivity index (χ0n) is 15.0. The van der Waals surface area contributed by atoms with Gasteiger partial charge in [-0.05, 0) is 39.7 Å². The van der Waals surface area contributed by atoms with E-state index in [-0.39, 0.29) is 10.8 Å². The van der Waals surface area contributed by atoms with Gasteiger partial charge in [-0.15, -0.1) is 6.58 Å². The molecule has 122 valence electrons. The molecule has 0 spiro atoms. The van der Waals surface area contributed by atoms with Gasteiger partial charge in [0.25, 0.3) is 0 Å². The van der Waals surface area contributed by atoms with E-state index in [0.717, 1.165) is 12.0 Å². The highest BCUT2D eigenvalue weighted by Crippen LogP contribution is 2.44. The van der Waals surface area contributed by atoms with Crippen molar-refractivity contribution in [3.63, 3.8) is 0 Å². The van der Waals surface area contributed by atoms with Crippen LogP contribution in [0.15, 0.2) is 79.9 Å². The van der Waals surface area contributed by atoms with Crippen LogP contribution in [0.4, 0.5) is 0 Å². The smallest absolute Gasteiger partial charge is 0.0425 e. The van der Waals surface area contributed by atoms with Crippen molar-refractivity contribution >= 4 is 5.57 Å². The Morgan fingerprint density at radius 2 is 1.67 bits per heavy atom. The summed E-state index contributed by atoms with van der Waals surface area (Å²) in [6.45, 7) is 15.0. The number of hydrogen-bond donors (Lipinski definition) is 0. The van der Waals surface area contributed by atoms with E-state index >= 15 is 0 Å². The van der Waals surface area contributed by atoms with Gasteiger partial charge in [-0.2, -0.15) is 0 Å². The molecule has 2 aromatic carbocycles. The lowest BCUT2D eigenvalue weighted by Gasteiger charge is -2.36. The van der Waals surface area contributed by atoms with Crippen LogP contribution in [0.2, 0.25) is 0 Å². The van der Waals surface area contributed by atoms with Gasteiger partial charge in [0.1, 0.15) is 0 Å². The average molecular weight is 314 g/mol. The average Bonchev–Trinajstić information content (AvgIpc) is 2.57. The van der Waals surface area contributed by atoms with Crippen molar-refractivity contribution in [2.24, 2.45) is 0 Å². The summed E-state index contributed by atoms with van der Waals surface area (Å²) in [5.74, 6) is 0. The van der Waals surface area contributed by atoms with Crippen LogP contribution in [0.5, 0.6) is 0 Å². The molecule has 2 aromatic rings. The Morgan fingerprint density at radius 1 is 1.00 bits per heavy atom. The van der Waals surface area contributed by atoms with Crippen LogP contribution in [0.3, 0.4) is 0 Å². The van der Waals surface area contributed by atoms with Crippen molar-refractivity contribution < 1.29 is 0 Å². The second-order valence-corrected chi connectivity index (χ2v) is 7.70. The fourth-order valence-corrected chi connectivity index (χ4v) is 3.62. The Labute approximate surface area is 146 Å². The highest BCUT2D eigenvalue weighted by atomic mass is 14.4. The Kier molecular flexibility index (Phi) is 4.09. The maximum absolute atomic E-state index is 4.21. The predicted molar refractivity (Wildman–Crippen MR) is 105 cm³/mol. The maximum atomic E-state index is 4.21. The van der Waals surface area contributed by atoms with Crippen LogP contribution in [0.25, 0.3) is 5.57 Å². The molecular weight excluding hydrogens is 288 g/mol. The number of allylic oxidation sites excluding steroid dienone is 4. The van der Waals surface area contributed by atoms with Crippen molar-refractivity contribution in [3.8, 4) is 0 Å². The van der Waals surface area contributed by atoms with Gasteiger partial charge >= 0.3 is 0 Å². The molecule has 1 aliphatic carbocycles. The molecule has 3 rings (SSSR count). The van der Waals surface area contributed by atoms with Gasteiger partial charge in [-0.1, -0.05) is 94.1 Å². The van der Waals surface area contributed by atoms with E-state index in [2.05, 4.69) is 94.6 Å². The molecule has 0 heteroatoms. The first kappa shape index (κ1) is 16.5. The maximum Gasteiger partial charge on any atom is 0.0425 e. The molecule has 0 amide bonds. The van der Waals surface area contributed by atoms with Crippen LogP contribution in [0, 0.1) is 0 Å². The molecule has 0 N–H and O–H groups in total. The molecule has 0 bridgehead atoms. The first-order valence-corrected chi connectivity index (χ1v) is 8.58. The summed E-state index contributed by atoms with van der Waals surface area (Å²) < 4.78 is 0. The van der Waals surface area contributed by atoms with E-state index in [1.54, 1.807) is 0 Å². The third-order valence-corrected chi connectivity index (χ3v) is 5.06. The minimum absolute atomic E-state index is 0.157. The Morgan fingerprint density at radius 3 is 2.29 bits per heavy atom. The van der Waals surface area contributed by atoms with Crippen molar-refractivity contribution in [2.75, 3.05) is 0 Å². The third-order valence-electron chi connectivity index (χ3n) is 5.06. The highest BCUT2D eigenvalue weighted by Gasteiger charge is 2.35. The molecule has 0 nitrogen and oxygen atoms in total. The van der Waals surface area contributed by atoms with E-state index in [1.165, 1.54) is 22.3 Å². The summed E-state index contributed by atoms with van der Waals surface area (Å²) in [6, 6.07) is 17.7. The molecule has 1 unspecified atom stereocenters. The lowest BCUT2D eigenvalue weighted by Crippen LogP contribution is -2.28. The highest BCUT2D eigenvalue weighted by molar-refractivity contribution is 5.79. The molecule has 24 heavy (non-hydrogen) atoms. The predicted octanol–water partition coefficient (Wildman–Crippen LogP) is 6.43. The van der Waals surface area contributed by atoms with E-state index in [4.69, 9.17) is 0 Å². The fraction of sp³-hybridized carbons (Fsp3) is 0.250. The molecule has 0 radical (unpaired) electrons. The summed E-state index contributed by atoms with van der Waals surface area (Å²) in [5, 5.41) is 0.